The Morgan fingerprint density at radius 2 is 1.42 bits per heavy atom. The van der Waals surface area contributed by atoms with Gasteiger partial charge in [0.2, 0.25) is 0 Å². The number of rotatable bonds is 12. The van der Waals surface area contributed by atoms with E-state index in [1.54, 1.807) is 20.1 Å². The van der Waals surface area contributed by atoms with E-state index in [1.807, 2.05) is 39.7 Å². The summed E-state index contributed by atoms with van der Waals surface area (Å²) in [6.07, 6.45) is 7.18. The van der Waals surface area contributed by atoms with E-state index in [2.05, 4.69) is 46.7 Å². The van der Waals surface area contributed by atoms with E-state index in [0.29, 0.717) is 12.5 Å². The van der Waals surface area contributed by atoms with Gasteiger partial charge >= 0.3 is 0 Å². The van der Waals surface area contributed by atoms with Crippen molar-refractivity contribution in [1.82, 2.24) is 0 Å². The number of carbonyl (C=O) groups excluding carboxylic acids is 1. The van der Waals surface area contributed by atoms with Crippen molar-refractivity contribution >= 4 is 6.79 Å². The SMILES string of the molecule is C=C(/C=C(/COC)C(=C)CC)C(=C)/C(F)=C(/F)C(=C)C(C)/C=C\C(C)CC.C=C(C)C.C=O. The number of hydrogen-bond acceptors (Lipinski definition) is 2. The second kappa shape index (κ2) is 20.0. The molecule has 0 bridgehead atoms. The molecule has 0 radical (unpaired) electrons. The quantitative estimate of drug-likeness (QED) is 0.214. The summed E-state index contributed by atoms with van der Waals surface area (Å²) in [4.78, 5) is 8.00. The smallest absolute Gasteiger partial charge is 0.166 e. The van der Waals surface area contributed by atoms with Crippen LogP contribution in [0.25, 0.3) is 0 Å². The Bertz CT molecular complexity index is 762. The van der Waals surface area contributed by atoms with Crippen LogP contribution in [0.1, 0.15) is 54.4 Å². The molecule has 0 aliphatic rings. The number of methoxy groups -OCH3 is 1. The molecular weight excluding hydrogens is 418 g/mol. The fourth-order valence-electron chi connectivity index (χ4n) is 2.15. The molecule has 0 spiro atoms. The zero-order chi connectivity index (χ0) is 26.7. The van der Waals surface area contributed by atoms with E-state index in [0.717, 1.165) is 24.0 Å². The first-order valence-electron chi connectivity index (χ1n) is 10.9. The van der Waals surface area contributed by atoms with Crippen LogP contribution in [0.4, 0.5) is 8.78 Å². The van der Waals surface area contributed by atoms with Crippen LogP contribution in [-0.2, 0) is 9.53 Å². The lowest BCUT2D eigenvalue weighted by molar-refractivity contribution is -0.0980. The molecule has 0 saturated carbocycles. The first-order chi connectivity index (χ1) is 15.3. The van der Waals surface area contributed by atoms with Crippen LogP contribution in [0.2, 0.25) is 0 Å². The van der Waals surface area contributed by atoms with Crippen molar-refractivity contribution in [3.63, 3.8) is 0 Å². The van der Waals surface area contributed by atoms with Gasteiger partial charge in [-0.3, -0.25) is 0 Å². The van der Waals surface area contributed by atoms with Gasteiger partial charge in [-0.2, -0.15) is 0 Å². The van der Waals surface area contributed by atoms with Gasteiger partial charge in [-0.05, 0) is 54.6 Å². The van der Waals surface area contributed by atoms with Gasteiger partial charge in [-0.1, -0.05) is 78.2 Å². The number of carbonyl (C=O) groups is 1. The topological polar surface area (TPSA) is 26.3 Å². The monoisotopic (exact) mass is 462 g/mol. The first-order valence-corrected chi connectivity index (χ1v) is 10.9. The Labute approximate surface area is 201 Å². The molecule has 2 atom stereocenters. The van der Waals surface area contributed by atoms with Gasteiger partial charge in [0.05, 0.1) is 6.61 Å². The molecule has 4 heteroatoms. The van der Waals surface area contributed by atoms with E-state index in [-0.39, 0.29) is 22.6 Å². The van der Waals surface area contributed by atoms with Crippen LogP contribution >= 0.6 is 0 Å². The standard InChI is InChI=1S/C24H34F2O.C4H8.CH2O/c1-10-16(3)12-13-18(5)20(7)23(25)24(26)21(8)19(6)14-22(15-27-9)17(4)11-2;1-4(2)3;1-2/h12-14,16,18H,4,6-8,10-11,15H2,1-3,5,9H3;1H2,2-3H3;1H2/b13-12-,22-14-,24-23-;;. The lowest BCUT2D eigenvalue weighted by Gasteiger charge is -2.13. The van der Waals surface area contributed by atoms with E-state index >= 15 is 0 Å². The maximum Gasteiger partial charge on any atom is 0.166 e. The predicted octanol–water partition coefficient (Wildman–Crippen LogP) is 8.98. The number of halogens is 2. The van der Waals surface area contributed by atoms with Crippen molar-refractivity contribution in [3.8, 4) is 0 Å². The molecule has 0 fully saturated rings. The van der Waals surface area contributed by atoms with Crippen molar-refractivity contribution in [2.75, 3.05) is 13.7 Å². The molecule has 0 aromatic rings. The molecule has 0 heterocycles. The van der Waals surface area contributed by atoms with Gasteiger partial charge in [-0.15, -0.1) is 6.58 Å². The summed E-state index contributed by atoms with van der Waals surface area (Å²) < 4.78 is 34.3. The van der Waals surface area contributed by atoms with Gasteiger partial charge < -0.3 is 9.53 Å². The predicted molar refractivity (Wildman–Crippen MR) is 141 cm³/mol. The van der Waals surface area contributed by atoms with Gasteiger partial charge in [0.15, 0.2) is 11.7 Å². The van der Waals surface area contributed by atoms with Crippen LogP contribution in [0.3, 0.4) is 0 Å². The van der Waals surface area contributed by atoms with Crippen molar-refractivity contribution in [2.24, 2.45) is 11.8 Å². The largest absolute Gasteiger partial charge is 0.380 e. The molecule has 0 amide bonds. The Balaban J connectivity index is -0.00000134. The third-order valence-electron chi connectivity index (χ3n) is 4.58. The molecule has 0 N–H and O–H groups in total. The fourth-order valence-corrected chi connectivity index (χ4v) is 2.15. The van der Waals surface area contributed by atoms with Gasteiger partial charge in [0, 0.05) is 18.6 Å². The van der Waals surface area contributed by atoms with Crippen LogP contribution in [0.15, 0.2) is 96.2 Å². The second-order valence-corrected chi connectivity index (χ2v) is 7.98. The highest BCUT2D eigenvalue weighted by Crippen LogP contribution is 2.31. The summed E-state index contributed by atoms with van der Waals surface area (Å²) in [6.45, 7) is 32.8. The molecular formula is C29H44F2O2. The molecule has 0 aromatic heterocycles. The molecule has 2 unspecified atom stereocenters. The normalized spacial score (nSPS) is 13.4. The average molecular weight is 463 g/mol. The summed E-state index contributed by atoms with van der Waals surface area (Å²) in [6, 6.07) is 0. The van der Waals surface area contributed by atoms with Gasteiger partial charge in [0.25, 0.3) is 0 Å². The minimum atomic E-state index is -1.04. The van der Waals surface area contributed by atoms with Crippen molar-refractivity contribution in [3.05, 3.63) is 96.2 Å². The summed E-state index contributed by atoms with van der Waals surface area (Å²) in [5.41, 5.74) is 3.05. The van der Waals surface area contributed by atoms with E-state index in [1.165, 1.54) is 5.57 Å². The van der Waals surface area contributed by atoms with Crippen LogP contribution < -0.4 is 0 Å². The lowest BCUT2D eigenvalue weighted by atomic mass is 9.95. The Kier molecular flexibility index (Phi) is 21.3. The summed E-state index contributed by atoms with van der Waals surface area (Å²) in [5.74, 6) is -1.96. The number of hydrogen-bond donors (Lipinski definition) is 0. The molecule has 0 aliphatic carbocycles. The second-order valence-electron chi connectivity index (χ2n) is 7.98. The molecule has 0 aromatic carbocycles. The van der Waals surface area contributed by atoms with Gasteiger partial charge in [0.1, 0.15) is 6.79 Å². The maximum atomic E-state index is 14.6. The summed E-state index contributed by atoms with van der Waals surface area (Å²) >= 11 is 0. The number of ether oxygens (including phenoxy) is 1. The lowest BCUT2D eigenvalue weighted by Crippen LogP contribution is -2.01. The third-order valence-corrected chi connectivity index (χ3v) is 4.58. The molecule has 0 aliphatic heterocycles. The van der Waals surface area contributed by atoms with E-state index < -0.39 is 11.7 Å². The highest BCUT2D eigenvalue weighted by atomic mass is 19.2. The fraction of sp³-hybridized carbons (Fsp3) is 0.414. The summed E-state index contributed by atoms with van der Waals surface area (Å²) in [5, 5.41) is 0. The van der Waals surface area contributed by atoms with E-state index in [9.17, 15) is 8.78 Å². The Morgan fingerprint density at radius 1 is 0.939 bits per heavy atom. The highest BCUT2D eigenvalue weighted by Gasteiger charge is 2.18. The van der Waals surface area contributed by atoms with Crippen LogP contribution in [-0.4, -0.2) is 20.5 Å². The summed E-state index contributed by atoms with van der Waals surface area (Å²) in [7, 11) is 1.56. The minimum Gasteiger partial charge on any atom is -0.380 e. The molecule has 186 valence electrons. The highest BCUT2D eigenvalue weighted by molar-refractivity contribution is 5.52. The van der Waals surface area contributed by atoms with E-state index in [4.69, 9.17) is 9.53 Å². The van der Waals surface area contributed by atoms with Crippen molar-refractivity contribution in [1.29, 1.82) is 0 Å². The Morgan fingerprint density at radius 3 is 1.82 bits per heavy atom. The third kappa shape index (κ3) is 15.8. The molecule has 33 heavy (non-hydrogen) atoms. The molecule has 2 nitrogen and oxygen atoms in total. The zero-order valence-corrected chi connectivity index (χ0v) is 21.8. The maximum absolute atomic E-state index is 14.6. The molecule has 0 saturated heterocycles. The minimum absolute atomic E-state index is 0.0834. The average Bonchev–Trinajstić information content (AvgIpc) is 2.80. The number of allylic oxidation sites excluding steroid dienone is 9. The van der Waals surface area contributed by atoms with Crippen molar-refractivity contribution < 1.29 is 18.3 Å². The van der Waals surface area contributed by atoms with Gasteiger partial charge in [-0.25, -0.2) is 8.78 Å². The zero-order valence-electron chi connectivity index (χ0n) is 21.8. The van der Waals surface area contributed by atoms with Crippen LogP contribution in [0.5, 0.6) is 0 Å². The van der Waals surface area contributed by atoms with Crippen LogP contribution in [0, 0.1) is 11.8 Å². The van der Waals surface area contributed by atoms with Crippen molar-refractivity contribution in [2.45, 2.75) is 54.4 Å². The molecule has 0 rings (SSSR count). The first kappa shape index (κ1) is 35.0. The Hall–Kier alpha value is -2.59.